The van der Waals surface area contributed by atoms with Crippen LogP contribution in [0, 0.1) is 0 Å². The van der Waals surface area contributed by atoms with Crippen molar-refractivity contribution in [2.75, 3.05) is 11.5 Å². The maximum atomic E-state index is 11.8. The third-order valence-electron chi connectivity index (χ3n) is 3.08. The third-order valence-corrected chi connectivity index (χ3v) is 4.29. The zero-order chi connectivity index (χ0) is 14.4. The van der Waals surface area contributed by atoms with E-state index in [9.17, 15) is 9.59 Å². The second-order valence-corrected chi connectivity index (χ2v) is 5.85. The van der Waals surface area contributed by atoms with Crippen molar-refractivity contribution < 1.29 is 14.7 Å². The summed E-state index contributed by atoms with van der Waals surface area (Å²) in [4.78, 5) is 29.7. The van der Waals surface area contributed by atoms with Crippen molar-refractivity contribution in [3.05, 3.63) is 18.2 Å². The van der Waals surface area contributed by atoms with E-state index in [0.29, 0.717) is 5.69 Å². The first-order chi connectivity index (χ1) is 9.65. The average Bonchev–Trinajstić information content (AvgIpc) is 2.92. The molecule has 20 heavy (non-hydrogen) atoms. The van der Waals surface area contributed by atoms with Gasteiger partial charge in [-0.15, -0.1) is 0 Å². The average molecular weight is 298 g/mol. The molecular weight excluding hydrogens is 280 g/mol. The lowest BCUT2D eigenvalue weighted by Gasteiger charge is -2.23. The van der Waals surface area contributed by atoms with E-state index in [-0.39, 0.29) is 12.5 Å². The summed E-state index contributed by atoms with van der Waals surface area (Å²) in [6.07, 6.45) is 5.23. The topological polar surface area (TPSA) is 107 Å². The van der Waals surface area contributed by atoms with Crippen LogP contribution in [0.2, 0.25) is 0 Å². The first kappa shape index (κ1) is 14.7. The number of hydrogen-bond donors (Lipinski definition) is 4. The maximum absolute atomic E-state index is 11.8. The van der Waals surface area contributed by atoms with Gasteiger partial charge >= 0.3 is 12.0 Å². The lowest BCUT2D eigenvalue weighted by atomic mass is 10.1. The van der Waals surface area contributed by atoms with Crippen LogP contribution in [0.5, 0.6) is 0 Å². The van der Waals surface area contributed by atoms with Gasteiger partial charge in [-0.2, -0.15) is 11.8 Å². The minimum atomic E-state index is -1.06. The van der Waals surface area contributed by atoms with E-state index in [0.717, 1.165) is 24.3 Å². The molecule has 2 unspecified atom stereocenters. The molecule has 0 spiro atoms. The Bertz CT molecular complexity index is 446. The smallest absolute Gasteiger partial charge is 0.326 e. The Balaban J connectivity index is 1.83. The zero-order valence-electron chi connectivity index (χ0n) is 11.0. The van der Waals surface area contributed by atoms with Crippen molar-refractivity contribution in [3.8, 4) is 0 Å². The van der Waals surface area contributed by atoms with Crippen LogP contribution >= 0.6 is 11.8 Å². The number of carbonyl (C=O) groups is 2. The van der Waals surface area contributed by atoms with Gasteiger partial charge in [0.2, 0.25) is 0 Å². The predicted molar refractivity (Wildman–Crippen MR) is 75.7 cm³/mol. The Morgan fingerprint density at radius 3 is 3.05 bits per heavy atom. The minimum Gasteiger partial charge on any atom is -0.480 e. The van der Waals surface area contributed by atoms with Gasteiger partial charge in [0, 0.05) is 30.1 Å². The van der Waals surface area contributed by atoms with Crippen molar-refractivity contribution in [1.82, 2.24) is 20.6 Å². The molecule has 1 aliphatic rings. The van der Waals surface area contributed by atoms with Crippen LogP contribution in [0.1, 0.15) is 18.5 Å². The lowest BCUT2D eigenvalue weighted by molar-refractivity contribution is -0.139. The number of imidazole rings is 1. The summed E-state index contributed by atoms with van der Waals surface area (Å²) < 4.78 is 0. The van der Waals surface area contributed by atoms with Crippen LogP contribution in [0.25, 0.3) is 0 Å². The summed E-state index contributed by atoms with van der Waals surface area (Å²) in [7, 11) is 0. The fourth-order valence-electron chi connectivity index (χ4n) is 2.06. The molecule has 1 aliphatic heterocycles. The molecular formula is C12H18N4O3S. The summed E-state index contributed by atoms with van der Waals surface area (Å²) in [5.41, 5.74) is 0.672. The summed E-state index contributed by atoms with van der Waals surface area (Å²) in [5, 5.41) is 14.5. The highest BCUT2D eigenvalue weighted by atomic mass is 32.2. The molecule has 1 aromatic rings. The Morgan fingerprint density at radius 1 is 1.60 bits per heavy atom. The molecule has 0 aromatic carbocycles. The number of aromatic nitrogens is 2. The first-order valence-corrected chi connectivity index (χ1v) is 7.65. The van der Waals surface area contributed by atoms with Crippen molar-refractivity contribution in [2.45, 2.75) is 31.3 Å². The quantitative estimate of drug-likeness (QED) is 0.637. The van der Waals surface area contributed by atoms with Crippen LogP contribution < -0.4 is 10.6 Å². The number of aromatic amines is 1. The second-order valence-electron chi connectivity index (χ2n) is 4.70. The van der Waals surface area contributed by atoms with Gasteiger partial charge in [0.25, 0.3) is 0 Å². The molecule has 1 aromatic heterocycles. The molecule has 2 rings (SSSR count). The van der Waals surface area contributed by atoms with Crippen LogP contribution in [-0.2, 0) is 11.2 Å². The number of carboxylic acids is 1. The SMILES string of the molecule is O=C(NC1CCCSC1)NC(Cc1cnc[nH]1)C(=O)O. The Labute approximate surface area is 120 Å². The number of carboxylic acid groups (broad SMARTS) is 1. The van der Waals surface area contributed by atoms with Crippen molar-refractivity contribution in [3.63, 3.8) is 0 Å². The Morgan fingerprint density at radius 2 is 2.45 bits per heavy atom. The Hall–Kier alpha value is -1.70. The van der Waals surface area contributed by atoms with Crippen LogP contribution in [0.15, 0.2) is 12.5 Å². The van der Waals surface area contributed by atoms with Crippen molar-refractivity contribution in [2.24, 2.45) is 0 Å². The molecule has 0 bridgehead atoms. The minimum absolute atomic E-state index is 0.121. The molecule has 7 nitrogen and oxygen atoms in total. The summed E-state index contributed by atoms with van der Waals surface area (Å²) in [6.45, 7) is 0. The second kappa shape index (κ2) is 7.18. The zero-order valence-corrected chi connectivity index (χ0v) is 11.8. The number of nitrogens with zero attached hydrogens (tertiary/aromatic N) is 1. The van der Waals surface area contributed by atoms with E-state index in [1.165, 1.54) is 6.33 Å². The molecule has 0 aliphatic carbocycles. The van der Waals surface area contributed by atoms with Crippen LogP contribution in [-0.4, -0.2) is 50.7 Å². The van der Waals surface area contributed by atoms with Gasteiger partial charge in [0.15, 0.2) is 0 Å². The number of rotatable bonds is 5. The molecule has 1 saturated heterocycles. The van der Waals surface area contributed by atoms with Gasteiger partial charge in [-0.1, -0.05) is 0 Å². The molecule has 110 valence electrons. The van der Waals surface area contributed by atoms with Gasteiger partial charge < -0.3 is 20.7 Å². The fraction of sp³-hybridized carbons (Fsp3) is 0.583. The highest BCUT2D eigenvalue weighted by Crippen LogP contribution is 2.16. The molecule has 2 atom stereocenters. The first-order valence-electron chi connectivity index (χ1n) is 6.50. The van der Waals surface area contributed by atoms with Gasteiger partial charge in [0.05, 0.1) is 6.33 Å². The molecule has 2 heterocycles. The Kier molecular flexibility index (Phi) is 5.28. The largest absolute Gasteiger partial charge is 0.480 e. The molecule has 2 amide bonds. The fourth-order valence-corrected chi connectivity index (χ4v) is 3.13. The van der Waals surface area contributed by atoms with E-state index < -0.39 is 18.0 Å². The maximum Gasteiger partial charge on any atom is 0.326 e. The molecule has 1 fully saturated rings. The van der Waals surface area contributed by atoms with Gasteiger partial charge in [-0.05, 0) is 18.6 Å². The number of hydrogen-bond acceptors (Lipinski definition) is 4. The summed E-state index contributed by atoms with van der Waals surface area (Å²) >= 11 is 1.80. The van der Waals surface area contributed by atoms with Gasteiger partial charge in [0.1, 0.15) is 6.04 Å². The highest BCUT2D eigenvalue weighted by molar-refractivity contribution is 7.99. The van der Waals surface area contributed by atoms with Crippen molar-refractivity contribution in [1.29, 1.82) is 0 Å². The standard InChI is InChI=1S/C12H18N4O3S/c17-11(18)10(4-9-5-13-7-14-9)16-12(19)15-8-2-1-3-20-6-8/h5,7-8,10H,1-4,6H2,(H,13,14)(H,17,18)(H2,15,16,19). The number of amides is 2. The van der Waals surface area contributed by atoms with Crippen molar-refractivity contribution >= 4 is 23.8 Å². The van der Waals surface area contributed by atoms with E-state index in [2.05, 4.69) is 20.6 Å². The van der Waals surface area contributed by atoms with Crippen LogP contribution in [0.4, 0.5) is 4.79 Å². The number of carbonyl (C=O) groups excluding carboxylic acids is 1. The normalized spacial score (nSPS) is 20.1. The number of thioether (sulfide) groups is 1. The summed E-state index contributed by atoms with van der Waals surface area (Å²) in [5.74, 6) is 0.941. The highest BCUT2D eigenvalue weighted by Gasteiger charge is 2.23. The number of nitrogens with one attached hydrogen (secondary N) is 3. The number of urea groups is 1. The van der Waals surface area contributed by atoms with E-state index in [1.54, 1.807) is 18.0 Å². The van der Waals surface area contributed by atoms with E-state index in [1.807, 2.05) is 0 Å². The van der Waals surface area contributed by atoms with Gasteiger partial charge in [-0.25, -0.2) is 14.6 Å². The number of aliphatic carboxylic acids is 1. The molecule has 4 N–H and O–H groups in total. The molecule has 8 heteroatoms. The molecule has 0 saturated carbocycles. The van der Waals surface area contributed by atoms with E-state index in [4.69, 9.17) is 5.11 Å². The van der Waals surface area contributed by atoms with Gasteiger partial charge in [-0.3, -0.25) is 0 Å². The third kappa shape index (κ3) is 4.44. The molecule has 0 radical (unpaired) electrons. The monoisotopic (exact) mass is 298 g/mol. The lowest BCUT2D eigenvalue weighted by Crippen LogP contribution is -2.50. The number of H-pyrrole nitrogens is 1. The van der Waals surface area contributed by atoms with Crippen LogP contribution in [0.3, 0.4) is 0 Å². The predicted octanol–water partition coefficient (Wildman–Crippen LogP) is 0.600. The summed E-state index contributed by atoms with van der Waals surface area (Å²) in [6, 6.07) is -1.27. The van der Waals surface area contributed by atoms with E-state index >= 15 is 0 Å².